The summed E-state index contributed by atoms with van der Waals surface area (Å²) in [4.78, 5) is 0. The van der Waals surface area contributed by atoms with Crippen molar-refractivity contribution in [3.8, 4) is 0 Å². The fraction of sp³-hybridized carbons (Fsp3) is 0.333. The number of halogens is 1. The lowest BCUT2D eigenvalue weighted by atomic mass is 9.99. The van der Waals surface area contributed by atoms with Crippen molar-refractivity contribution < 1.29 is 8.81 Å². The highest BCUT2D eigenvalue weighted by Crippen LogP contribution is 2.27. The molecule has 18 heavy (non-hydrogen) atoms. The van der Waals surface area contributed by atoms with E-state index in [2.05, 4.69) is 5.32 Å². The average Bonchev–Trinajstić information content (AvgIpc) is 2.65. The normalized spacial score (nSPS) is 12.7. The molecule has 0 bridgehead atoms. The van der Waals surface area contributed by atoms with Crippen LogP contribution < -0.4 is 5.32 Å². The average molecular weight is 247 g/mol. The van der Waals surface area contributed by atoms with Gasteiger partial charge in [-0.15, -0.1) is 0 Å². The maximum atomic E-state index is 13.3. The molecule has 0 amide bonds. The first-order valence-corrected chi connectivity index (χ1v) is 6.17. The number of aryl methyl sites for hydroxylation is 2. The fourth-order valence-electron chi connectivity index (χ4n) is 2.23. The van der Waals surface area contributed by atoms with Crippen LogP contribution in [0.4, 0.5) is 4.39 Å². The minimum absolute atomic E-state index is 0.0249. The molecule has 1 N–H and O–H groups in total. The minimum Gasteiger partial charge on any atom is -0.466 e. The molecule has 0 aliphatic rings. The van der Waals surface area contributed by atoms with Gasteiger partial charge in [-0.1, -0.05) is 19.1 Å². The van der Waals surface area contributed by atoms with E-state index in [4.69, 9.17) is 4.42 Å². The second-order valence-electron chi connectivity index (χ2n) is 4.41. The van der Waals surface area contributed by atoms with Gasteiger partial charge in [0.2, 0.25) is 0 Å². The molecule has 1 aromatic carbocycles. The van der Waals surface area contributed by atoms with Crippen LogP contribution >= 0.6 is 0 Å². The van der Waals surface area contributed by atoms with E-state index in [-0.39, 0.29) is 11.9 Å². The van der Waals surface area contributed by atoms with Gasteiger partial charge in [0.25, 0.3) is 0 Å². The Balaban J connectivity index is 2.42. The molecule has 0 spiro atoms. The van der Waals surface area contributed by atoms with Crippen molar-refractivity contribution in [2.45, 2.75) is 26.8 Å². The predicted octanol–water partition coefficient (Wildman–Crippen LogP) is 3.73. The van der Waals surface area contributed by atoms with Crippen molar-refractivity contribution in [2.75, 3.05) is 6.54 Å². The summed E-state index contributed by atoms with van der Waals surface area (Å²) in [6.07, 6.45) is 0. The largest absolute Gasteiger partial charge is 0.466 e. The Bertz CT molecular complexity index is 533. The summed E-state index contributed by atoms with van der Waals surface area (Å²) < 4.78 is 18.9. The lowest BCUT2D eigenvalue weighted by Crippen LogP contribution is -2.22. The summed E-state index contributed by atoms with van der Waals surface area (Å²) >= 11 is 0. The smallest absolute Gasteiger partial charge is 0.123 e. The molecule has 1 atom stereocenters. The van der Waals surface area contributed by atoms with Gasteiger partial charge >= 0.3 is 0 Å². The van der Waals surface area contributed by atoms with Gasteiger partial charge in [-0.3, -0.25) is 0 Å². The number of furan rings is 1. The Kier molecular flexibility index (Phi) is 3.82. The van der Waals surface area contributed by atoms with Crippen LogP contribution in [0.3, 0.4) is 0 Å². The molecule has 3 heteroatoms. The number of nitrogens with one attached hydrogen (secondary N) is 1. The summed E-state index contributed by atoms with van der Waals surface area (Å²) in [5.74, 6) is 1.54. The monoisotopic (exact) mass is 247 g/mol. The van der Waals surface area contributed by atoms with Crippen LogP contribution in [-0.2, 0) is 0 Å². The van der Waals surface area contributed by atoms with E-state index in [1.54, 1.807) is 12.1 Å². The maximum Gasteiger partial charge on any atom is 0.123 e. The van der Waals surface area contributed by atoms with Crippen LogP contribution in [0.15, 0.2) is 34.7 Å². The van der Waals surface area contributed by atoms with Crippen molar-refractivity contribution in [3.05, 3.63) is 58.8 Å². The Hall–Kier alpha value is -1.61. The zero-order valence-corrected chi connectivity index (χ0v) is 11.0. The Morgan fingerprint density at radius 1 is 1.28 bits per heavy atom. The molecule has 1 unspecified atom stereocenters. The molecule has 0 saturated heterocycles. The number of hydrogen-bond acceptors (Lipinski definition) is 2. The Morgan fingerprint density at radius 3 is 2.61 bits per heavy atom. The SMILES string of the molecule is CCNC(c1cccc(F)c1)c1cc(C)oc1C. The van der Waals surface area contributed by atoms with Crippen molar-refractivity contribution in [2.24, 2.45) is 0 Å². The van der Waals surface area contributed by atoms with Crippen molar-refractivity contribution in [1.82, 2.24) is 5.32 Å². The van der Waals surface area contributed by atoms with Crippen LogP contribution in [0, 0.1) is 19.7 Å². The summed E-state index contributed by atoms with van der Waals surface area (Å²) in [6, 6.07) is 8.67. The first-order chi connectivity index (χ1) is 8.61. The first-order valence-electron chi connectivity index (χ1n) is 6.17. The maximum absolute atomic E-state index is 13.3. The zero-order valence-electron chi connectivity index (χ0n) is 11.0. The second-order valence-corrected chi connectivity index (χ2v) is 4.41. The highest BCUT2D eigenvalue weighted by Gasteiger charge is 2.18. The minimum atomic E-state index is -0.215. The van der Waals surface area contributed by atoms with E-state index in [9.17, 15) is 4.39 Å². The van der Waals surface area contributed by atoms with Crippen LogP contribution in [0.2, 0.25) is 0 Å². The van der Waals surface area contributed by atoms with Crippen molar-refractivity contribution in [1.29, 1.82) is 0 Å². The van der Waals surface area contributed by atoms with E-state index in [0.717, 1.165) is 29.2 Å². The molecule has 2 nitrogen and oxygen atoms in total. The van der Waals surface area contributed by atoms with Crippen LogP contribution in [0.5, 0.6) is 0 Å². The van der Waals surface area contributed by atoms with Gasteiger partial charge in [0, 0.05) is 5.56 Å². The van der Waals surface area contributed by atoms with Gasteiger partial charge in [-0.25, -0.2) is 4.39 Å². The highest BCUT2D eigenvalue weighted by atomic mass is 19.1. The van der Waals surface area contributed by atoms with E-state index in [1.165, 1.54) is 6.07 Å². The third kappa shape index (κ3) is 2.62. The Morgan fingerprint density at radius 2 is 2.06 bits per heavy atom. The first kappa shape index (κ1) is 12.8. The van der Waals surface area contributed by atoms with Crippen molar-refractivity contribution in [3.63, 3.8) is 0 Å². The summed E-state index contributed by atoms with van der Waals surface area (Å²) in [5.41, 5.74) is 1.99. The summed E-state index contributed by atoms with van der Waals surface area (Å²) in [5, 5.41) is 3.37. The molecule has 0 radical (unpaired) electrons. The standard InChI is InChI=1S/C15H18FNO/c1-4-17-15(12-6-5-7-13(16)9-12)14-8-10(2)18-11(14)3/h5-9,15,17H,4H2,1-3H3. The van der Waals surface area contributed by atoms with Crippen molar-refractivity contribution >= 4 is 0 Å². The fourth-order valence-corrected chi connectivity index (χ4v) is 2.23. The summed E-state index contributed by atoms with van der Waals surface area (Å²) in [6.45, 7) is 6.70. The molecule has 1 heterocycles. The van der Waals surface area contributed by atoms with E-state index < -0.39 is 0 Å². The molecule has 0 fully saturated rings. The third-order valence-electron chi connectivity index (χ3n) is 2.98. The lowest BCUT2D eigenvalue weighted by Gasteiger charge is -2.18. The van der Waals surface area contributed by atoms with E-state index >= 15 is 0 Å². The van der Waals surface area contributed by atoms with Gasteiger partial charge < -0.3 is 9.73 Å². The van der Waals surface area contributed by atoms with E-state index in [1.807, 2.05) is 32.9 Å². The molecule has 1 aromatic heterocycles. The quantitative estimate of drug-likeness (QED) is 0.890. The topological polar surface area (TPSA) is 25.2 Å². The molecular weight excluding hydrogens is 229 g/mol. The van der Waals surface area contributed by atoms with E-state index in [0.29, 0.717) is 0 Å². The van der Waals surface area contributed by atoms with Crippen LogP contribution in [0.1, 0.15) is 35.6 Å². The predicted molar refractivity (Wildman–Crippen MR) is 70.1 cm³/mol. The van der Waals surface area contributed by atoms with Gasteiger partial charge in [0.15, 0.2) is 0 Å². The summed E-state index contributed by atoms with van der Waals surface area (Å²) in [7, 11) is 0. The molecule has 0 saturated carbocycles. The number of benzene rings is 1. The van der Waals surface area contributed by atoms with Crippen LogP contribution in [0.25, 0.3) is 0 Å². The molecule has 96 valence electrons. The van der Waals surface area contributed by atoms with Gasteiger partial charge in [0.1, 0.15) is 17.3 Å². The molecule has 0 aliphatic carbocycles. The molecule has 2 rings (SSSR count). The van der Waals surface area contributed by atoms with Gasteiger partial charge in [0.05, 0.1) is 6.04 Å². The zero-order chi connectivity index (χ0) is 13.1. The number of hydrogen-bond donors (Lipinski definition) is 1. The molecule has 2 aromatic rings. The molecule has 0 aliphatic heterocycles. The number of rotatable bonds is 4. The van der Waals surface area contributed by atoms with Gasteiger partial charge in [-0.2, -0.15) is 0 Å². The van der Waals surface area contributed by atoms with Crippen LogP contribution in [-0.4, -0.2) is 6.54 Å². The second kappa shape index (κ2) is 5.36. The van der Waals surface area contributed by atoms with Gasteiger partial charge in [-0.05, 0) is 44.2 Å². The Labute approximate surface area is 107 Å². The molecular formula is C15H18FNO. The lowest BCUT2D eigenvalue weighted by molar-refractivity contribution is 0.494. The highest BCUT2D eigenvalue weighted by molar-refractivity contribution is 5.34. The third-order valence-corrected chi connectivity index (χ3v) is 2.98.